The molecule has 35 heavy (non-hydrogen) atoms. The van der Waals surface area contributed by atoms with Crippen LogP contribution < -0.4 is 15.6 Å². The van der Waals surface area contributed by atoms with Crippen LogP contribution in [-0.2, 0) is 4.79 Å². The van der Waals surface area contributed by atoms with Crippen LogP contribution in [0.15, 0.2) is 47.6 Å². The van der Waals surface area contributed by atoms with Crippen LogP contribution in [-0.4, -0.2) is 36.3 Å². The van der Waals surface area contributed by atoms with Crippen molar-refractivity contribution in [3.63, 3.8) is 0 Å². The molecule has 2 N–H and O–H groups in total. The fourth-order valence-electron chi connectivity index (χ4n) is 3.65. The SMILES string of the molecule is C.CCCCCNC(=O)c1cccc(C)c1NC(=O)C1CC(C(F)(F)F)=NN1c1ccccc1F. The number of aryl methyl sites for hydroxylation is 1. The third kappa shape index (κ3) is 6.58. The molecule has 0 spiro atoms. The Morgan fingerprint density at radius 2 is 1.83 bits per heavy atom. The molecule has 6 nitrogen and oxygen atoms in total. The Morgan fingerprint density at radius 1 is 1.11 bits per heavy atom. The number of carbonyl (C=O) groups excluding carboxylic acids is 2. The average molecular weight is 495 g/mol. The molecule has 0 radical (unpaired) electrons. The molecule has 190 valence electrons. The molecule has 0 aromatic heterocycles. The van der Waals surface area contributed by atoms with Crippen LogP contribution in [0.1, 0.15) is 56.0 Å². The van der Waals surface area contributed by atoms with Gasteiger partial charge in [-0.3, -0.25) is 9.59 Å². The van der Waals surface area contributed by atoms with E-state index in [0.717, 1.165) is 30.3 Å². The molecule has 0 fully saturated rings. The van der Waals surface area contributed by atoms with Crippen LogP contribution in [0, 0.1) is 12.7 Å². The quantitative estimate of drug-likeness (QED) is 0.358. The molecular formula is C25H30F4N4O2. The van der Waals surface area contributed by atoms with Crippen LogP contribution >= 0.6 is 0 Å². The van der Waals surface area contributed by atoms with Gasteiger partial charge in [0, 0.05) is 13.0 Å². The van der Waals surface area contributed by atoms with Gasteiger partial charge >= 0.3 is 6.18 Å². The number of anilines is 2. The zero-order chi connectivity index (χ0) is 24.9. The maximum absolute atomic E-state index is 14.4. The summed E-state index contributed by atoms with van der Waals surface area (Å²) in [6, 6.07) is 8.55. The predicted molar refractivity (Wildman–Crippen MR) is 129 cm³/mol. The molecule has 2 aromatic rings. The summed E-state index contributed by atoms with van der Waals surface area (Å²) in [5.74, 6) is -2.05. The molecule has 1 aliphatic heterocycles. The number of carbonyl (C=O) groups is 2. The molecule has 2 aromatic carbocycles. The minimum absolute atomic E-state index is 0. The summed E-state index contributed by atoms with van der Waals surface area (Å²) >= 11 is 0. The van der Waals surface area contributed by atoms with Crippen molar-refractivity contribution < 1.29 is 27.2 Å². The fraction of sp³-hybridized carbons (Fsp3) is 0.400. The first-order valence-corrected chi connectivity index (χ1v) is 11.0. The molecule has 1 aliphatic rings. The summed E-state index contributed by atoms with van der Waals surface area (Å²) in [6.45, 7) is 4.17. The Balaban J connectivity index is 0.00000432. The number of hydrogen-bond acceptors (Lipinski definition) is 4. The van der Waals surface area contributed by atoms with Crippen molar-refractivity contribution in [2.75, 3.05) is 16.9 Å². The number of hydrazone groups is 1. The highest BCUT2D eigenvalue weighted by Crippen LogP contribution is 2.33. The Morgan fingerprint density at radius 3 is 2.49 bits per heavy atom. The van der Waals surface area contributed by atoms with Crippen molar-refractivity contribution in [3.8, 4) is 0 Å². The van der Waals surface area contributed by atoms with Gasteiger partial charge in [-0.25, -0.2) is 9.40 Å². The molecule has 0 saturated carbocycles. The van der Waals surface area contributed by atoms with E-state index in [9.17, 15) is 27.2 Å². The van der Waals surface area contributed by atoms with E-state index in [2.05, 4.69) is 15.7 Å². The summed E-state index contributed by atoms with van der Waals surface area (Å²) in [4.78, 5) is 25.9. The number of nitrogens with zero attached hydrogens (tertiary/aromatic N) is 2. The van der Waals surface area contributed by atoms with Gasteiger partial charge in [0.1, 0.15) is 17.6 Å². The summed E-state index contributed by atoms with van der Waals surface area (Å²) in [5.41, 5.74) is -0.496. The molecule has 1 unspecified atom stereocenters. The Hall–Kier alpha value is -3.43. The van der Waals surface area contributed by atoms with E-state index < -0.39 is 42.0 Å². The van der Waals surface area contributed by atoms with Crippen molar-refractivity contribution in [1.82, 2.24) is 5.32 Å². The van der Waals surface area contributed by atoms with Gasteiger partial charge in [0.05, 0.1) is 16.9 Å². The minimum Gasteiger partial charge on any atom is -0.352 e. The number of para-hydroxylation sites is 2. The number of hydrogen-bond donors (Lipinski definition) is 2. The van der Waals surface area contributed by atoms with Crippen LogP contribution in [0.2, 0.25) is 0 Å². The molecule has 0 aliphatic carbocycles. The van der Waals surface area contributed by atoms with Gasteiger partial charge < -0.3 is 10.6 Å². The van der Waals surface area contributed by atoms with Crippen molar-refractivity contribution >= 4 is 28.9 Å². The number of unbranched alkanes of at least 4 members (excludes halogenated alkanes) is 2. The lowest BCUT2D eigenvalue weighted by Gasteiger charge is -2.24. The van der Waals surface area contributed by atoms with Gasteiger partial charge in [0.25, 0.3) is 5.91 Å². The maximum atomic E-state index is 14.4. The van der Waals surface area contributed by atoms with E-state index >= 15 is 0 Å². The van der Waals surface area contributed by atoms with Crippen LogP contribution in [0.3, 0.4) is 0 Å². The van der Waals surface area contributed by atoms with Crippen LogP contribution in [0.25, 0.3) is 0 Å². The number of benzene rings is 2. The highest BCUT2D eigenvalue weighted by Gasteiger charge is 2.46. The van der Waals surface area contributed by atoms with Gasteiger partial charge in [-0.15, -0.1) is 0 Å². The molecule has 2 amide bonds. The van der Waals surface area contributed by atoms with E-state index in [-0.39, 0.29) is 24.4 Å². The molecule has 0 bridgehead atoms. The Kier molecular flexibility index (Phi) is 9.39. The highest BCUT2D eigenvalue weighted by atomic mass is 19.4. The minimum atomic E-state index is -4.77. The van der Waals surface area contributed by atoms with Crippen molar-refractivity contribution in [1.29, 1.82) is 0 Å². The lowest BCUT2D eigenvalue weighted by atomic mass is 10.0. The summed E-state index contributed by atoms with van der Waals surface area (Å²) in [6.07, 6.45) is -2.79. The molecular weight excluding hydrogens is 464 g/mol. The van der Waals surface area contributed by atoms with Gasteiger partial charge in [0.15, 0.2) is 0 Å². The van der Waals surface area contributed by atoms with E-state index in [4.69, 9.17) is 0 Å². The second kappa shape index (κ2) is 11.8. The van der Waals surface area contributed by atoms with Crippen LogP contribution in [0.4, 0.5) is 28.9 Å². The fourth-order valence-corrected chi connectivity index (χ4v) is 3.65. The summed E-state index contributed by atoms with van der Waals surface area (Å²) in [7, 11) is 0. The summed E-state index contributed by atoms with van der Waals surface area (Å²) < 4.78 is 54.5. The lowest BCUT2D eigenvalue weighted by Crippen LogP contribution is -2.40. The third-order valence-electron chi connectivity index (χ3n) is 5.47. The van der Waals surface area contributed by atoms with Crippen molar-refractivity contribution in [2.24, 2.45) is 5.10 Å². The molecule has 3 rings (SSSR count). The highest BCUT2D eigenvalue weighted by molar-refractivity contribution is 6.09. The smallest absolute Gasteiger partial charge is 0.352 e. The first-order valence-electron chi connectivity index (χ1n) is 11.0. The first-order chi connectivity index (χ1) is 16.1. The molecule has 1 atom stereocenters. The van der Waals surface area contributed by atoms with Crippen molar-refractivity contribution in [2.45, 2.75) is 59.2 Å². The predicted octanol–water partition coefficient (Wildman–Crippen LogP) is 5.83. The number of halogens is 4. The third-order valence-corrected chi connectivity index (χ3v) is 5.47. The van der Waals surface area contributed by atoms with Crippen LogP contribution in [0.5, 0.6) is 0 Å². The Bertz CT molecular complexity index is 1090. The van der Waals surface area contributed by atoms with Gasteiger partial charge in [0.2, 0.25) is 5.91 Å². The second-order valence-electron chi connectivity index (χ2n) is 8.01. The largest absolute Gasteiger partial charge is 0.431 e. The van der Waals surface area contributed by atoms with Crippen molar-refractivity contribution in [3.05, 3.63) is 59.4 Å². The number of amides is 2. The van der Waals surface area contributed by atoms with Gasteiger partial charge in [-0.2, -0.15) is 18.3 Å². The van der Waals surface area contributed by atoms with Gasteiger partial charge in [-0.05, 0) is 37.1 Å². The number of rotatable bonds is 8. The lowest BCUT2D eigenvalue weighted by molar-refractivity contribution is -0.117. The number of alkyl halides is 3. The van der Waals surface area contributed by atoms with E-state index in [0.29, 0.717) is 12.1 Å². The molecule has 10 heteroatoms. The molecule has 0 saturated heterocycles. The van der Waals surface area contributed by atoms with E-state index in [1.807, 2.05) is 6.92 Å². The summed E-state index contributed by atoms with van der Waals surface area (Å²) in [5, 5.41) is 9.65. The van der Waals surface area contributed by atoms with E-state index in [1.165, 1.54) is 24.3 Å². The number of nitrogens with one attached hydrogen (secondary N) is 2. The first kappa shape index (κ1) is 27.8. The zero-order valence-electron chi connectivity index (χ0n) is 18.9. The molecule has 1 heterocycles. The van der Waals surface area contributed by atoms with E-state index in [1.54, 1.807) is 19.1 Å². The topological polar surface area (TPSA) is 73.8 Å². The zero-order valence-corrected chi connectivity index (χ0v) is 18.9. The second-order valence-corrected chi connectivity index (χ2v) is 8.01. The standard InChI is InChI=1S/C24H26F4N4O2.CH4/c1-3-4-7-13-29-22(33)16-10-8-9-15(2)21(16)30-23(34)19-14-20(24(26,27)28)31-32(19)18-12-6-5-11-17(18)25;/h5-6,8-12,19H,3-4,7,13-14H2,1-2H3,(H,29,33)(H,30,34);1H4. The Labute approximate surface area is 202 Å². The normalized spacial score (nSPS) is 15.3. The maximum Gasteiger partial charge on any atom is 0.431 e. The monoisotopic (exact) mass is 494 g/mol. The average Bonchev–Trinajstić information content (AvgIpc) is 3.24. The van der Waals surface area contributed by atoms with Gasteiger partial charge in [-0.1, -0.05) is 51.5 Å².